The lowest BCUT2D eigenvalue weighted by molar-refractivity contribution is -0.313. The van der Waals surface area contributed by atoms with E-state index in [4.69, 9.17) is 0 Å². The van der Waals surface area contributed by atoms with E-state index >= 15 is 0 Å². The molecule has 0 saturated heterocycles. The van der Waals surface area contributed by atoms with Crippen molar-refractivity contribution < 1.29 is 24.6 Å². The molecular formula is C18H23NO5-2. The number of carbonyl (C=O) groups excluding carboxylic acids is 3. The molecular weight excluding hydrogens is 310 g/mol. The fourth-order valence-corrected chi connectivity index (χ4v) is 2.59. The van der Waals surface area contributed by atoms with Crippen LogP contribution in [-0.2, 0) is 9.59 Å². The molecule has 1 N–H and O–H groups in total. The topological polar surface area (TPSA) is 109 Å². The van der Waals surface area contributed by atoms with Gasteiger partial charge in [0.15, 0.2) is 0 Å². The van der Waals surface area contributed by atoms with Crippen molar-refractivity contribution in [3.05, 3.63) is 29.8 Å². The number of unbranched alkanes of at least 4 members (excludes halogenated alkanes) is 2. The van der Waals surface area contributed by atoms with Crippen LogP contribution >= 0.6 is 0 Å². The largest absolute Gasteiger partial charge is 0.550 e. The molecule has 0 aliphatic carbocycles. The smallest absolute Gasteiger partial charge is 0.224 e. The molecule has 0 radical (unpaired) electrons. The van der Waals surface area contributed by atoms with Crippen LogP contribution in [-0.4, -0.2) is 17.8 Å². The molecule has 1 amide bonds. The van der Waals surface area contributed by atoms with Crippen LogP contribution in [0.4, 0.5) is 5.69 Å². The summed E-state index contributed by atoms with van der Waals surface area (Å²) in [6, 6.07) is 5.60. The lowest BCUT2D eigenvalue weighted by Crippen LogP contribution is -2.36. The molecule has 0 unspecified atom stereocenters. The molecule has 132 valence electrons. The molecule has 0 spiro atoms. The number of hydrogen-bond acceptors (Lipinski definition) is 5. The Labute approximate surface area is 141 Å². The van der Waals surface area contributed by atoms with Gasteiger partial charge in [0.1, 0.15) is 0 Å². The lowest BCUT2D eigenvalue weighted by atomic mass is 9.86. The van der Waals surface area contributed by atoms with E-state index in [2.05, 4.69) is 5.32 Å². The molecule has 24 heavy (non-hydrogen) atoms. The summed E-state index contributed by atoms with van der Waals surface area (Å²) in [5.41, 5.74) is 0.475. The average Bonchev–Trinajstić information content (AvgIpc) is 2.51. The Bertz CT molecular complexity index is 567. The van der Waals surface area contributed by atoms with Crippen LogP contribution in [0.3, 0.4) is 0 Å². The van der Waals surface area contributed by atoms with E-state index < -0.39 is 17.9 Å². The van der Waals surface area contributed by atoms with Crippen LogP contribution in [0.1, 0.15) is 56.3 Å². The Kier molecular flexibility index (Phi) is 7.95. The van der Waals surface area contributed by atoms with Gasteiger partial charge in [-0.15, -0.1) is 0 Å². The third-order valence-corrected chi connectivity index (χ3v) is 4.02. The maximum Gasteiger partial charge on any atom is 0.224 e. The Morgan fingerprint density at radius 3 is 2.21 bits per heavy atom. The predicted molar refractivity (Wildman–Crippen MR) is 85.8 cm³/mol. The second-order valence-electron chi connectivity index (χ2n) is 6.02. The van der Waals surface area contributed by atoms with Gasteiger partial charge in [-0.3, -0.25) is 4.79 Å². The van der Waals surface area contributed by atoms with E-state index in [-0.39, 0.29) is 23.8 Å². The van der Waals surface area contributed by atoms with Gasteiger partial charge in [-0.25, -0.2) is 0 Å². The van der Waals surface area contributed by atoms with E-state index in [9.17, 15) is 24.6 Å². The number of aliphatic carboxylic acids is 1. The average molecular weight is 333 g/mol. The third-order valence-electron chi connectivity index (χ3n) is 4.02. The number of carbonyl (C=O) groups is 3. The Morgan fingerprint density at radius 1 is 1.08 bits per heavy atom. The van der Waals surface area contributed by atoms with E-state index in [1.54, 1.807) is 6.92 Å². The quantitative estimate of drug-likeness (QED) is 0.641. The van der Waals surface area contributed by atoms with Crippen LogP contribution in [0.15, 0.2) is 24.3 Å². The monoisotopic (exact) mass is 333 g/mol. The van der Waals surface area contributed by atoms with Crippen molar-refractivity contribution in [1.82, 2.24) is 0 Å². The maximum atomic E-state index is 12.0. The lowest BCUT2D eigenvalue weighted by Gasteiger charge is -2.24. The van der Waals surface area contributed by atoms with Crippen molar-refractivity contribution in [1.29, 1.82) is 0 Å². The van der Waals surface area contributed by atoms with E-state index in [1.165, 1.54) is 24.3 Å². The minimum Gasteiger partial charge on any atom is -0.550 e. The summed E-state index contributed by atoms with van der Waals surface area (Å²) in [5, 5.41) is 24.6. The molecule has 0 aliphatic heterocycles. The Balaban J connectivity index is 2.57. The summed E-state index contributed by atoms with van der Waals surface area (Å²) >= 11 is 0. The van der Waals surface area contributed by atoms with Gasteiger partial charge in [0.2, 0.25) is 5.91 Å². The molecule has 0 heterocycles. The van der Waals surface area contributed by atoms with Crippen molar-refractivity contribution in [2.24, 2.45) is 11.8 Å². The molecule has 1 rings (SSSR count). The highest BCUT2D eigenvalue weighted by atomic mass is 16.4. The first-order valence-corrected chi connectivity index (χ1v) is 8.17. The predicted octanol–water partition coefficient (Wildman–Crippen LogP) is 0.961. The number of hydrogen-bond donors (Lipinski definition) is 1. The SMILES string of the molecule is CCCCC[C@H](C(=O)[O-])[C@@H](C)CC(=O)Nc1ccc(C(=O)[O-])cc1. The Morgan fingerprint density at radius 2 is 1.71 bits per heavy atom. The highest BCUT2D eigenvalue weighted by Gasteiger charge is 2.21. The van der Waals surface area contributed by atoms with Gasteiger partial charge in [-0.1, -0.05) is 45.2 Å². The van der Waals surface area contributed by atoms with Crippen LogP contribution in [0.25, 0.3) is 0 Å². The van der Waals surface area contributed by atoms with Gasteiger partial charge < -0.3 is 25.1 Å². The van der Waals surface area contributed by atoms with Crippen molar-refractivity contribution in [3.8, 4) is 0 Å². The summed E-state index contributed by atoms with van der Waals surface area (Å²) in [6.45, 7) is 3.77. The van der Waals surface area contributed by atoms with Crippen molar-refractivity contribution in [3.63, 3.8) is 0 Å². The number of aromatic carboxylic acids is 1. The fourth-order valence-electron chi connectivity index (χ4n) is 2.59. The summed E-state index contributed by atoms with van der Waals surface area (Å²) in [7, 11) is 0. The highest BCUT2D eigenvalue weighted by molar-refractivity contribution is 5.92. The summed E-state index contributed by atoms with van der Waals surface area (Å²) in [5.74, 6) is -3.71. The zero-order chi connectivity index (χ0) is 18.1. The van der Waals surface area contributed by atoms with Crippen molar-refractivity contribution in [2.75, 3.05) is 5.32 Å². The second-order valence-corrected chi connectivity index (χ2v) is 6.02. The molecule has 1 aromatic carbocycles. The van der Waals surface area contributed by atoms with Crippen molar-refractivity contribution >= 4 is 23.5 Å². The third kappa shape index (κ3) is 6.40. The van der Waals surface area contributed by atoms with E-state index in [0.29, 0.717) is 12.1 Å². The first kappa shape index (κ1) is 19.7. The number of anilines is 1. The molecule has 6 nitrogen and oxygen atoms in total. The van der Waals surface area contributed by atoms with Gasteiger partial charge in [0.25, 0.3) is 0 Å². The number of carboxylic acid groups (broad SMARTS) is 2. The number of nitrogens with one attached hydrogen (secondary N) is 1. The summed E-state index contributed by atoms with van der Waals surface area (Å²) in [4.78, 5) is 34.0. The summed E-state index contributed by atoms with van der Waals surface area (Å²) in [6.07, 6.45) is 3.31. The highest BCUT2D eigenvalue weighted by Crippen LogP contribution is 2.22. The van der Waals surface area contributed by atoms with Crippen LogP contribution in [0.5, 0.6) is 0 Å². The minimum atomic E-state index is -1.29. The first-order chi connectivity index (χ1) is 11.3. The van der Waals surface area contributed by atoms with Gasteiger partial charge >= 0.3 is 0 Å². The number of benzene rings is 1. The number of rotatable bonds is 10. The normalized spacial score (nSPS) is 13.1. The van der Waals surface area contributed by atoms with Gasteiger partial charge in [-0.05, 0) is 30.0 Å². The molecule has 1 aromatic rings. The molecule has 0 aromatic heterocycles. The van der Waals surface area contributed by atoms with Crippen molar-refractivity contribution in [2.45, 2.75) is 46.0 Å². The zero-order valence-corrected chi connectivity index (χ0v) is 14.0. The van der Waals surface area contributed by atoms with Gasteiger partial charge in [0.05, 0.1) is 5.97 Å². The van der Waals surface area contributed by atoms with Gasteiger partial charge in [-0.2, -0.15) is 0 Å². The van der Waals surface area contributed by atoms with Crippen LogP contribution in [0.2, 0.25) is 0 Å². The number of amides is 1. The Hall–Kier alpha value is -2.37. The van der Waals surface area contributed by atoms with Crippen LogP contribution < -0.4 is 15.5 Å². The number of carboxylic acids is 2. The van der Waals surface area contributed by atoms with Gasteiger partial charge in [0, 0.05) is 24.0 Å². The van der Waals surface area contributed by atoms with E-state index in [1.807, 2.05) is 6.92 Å². The molecule has 2 atom stereocenters. The minimum absolute atomic E-state index is 0.0225. The molecule has 0 bridgehead atoms. The zero-order valence-electron chi connectivity index (χ0n) is 14.0. The summed E-state index contributed by atoms with van der Waals surface area (Å²) < 4.78 is 0. The standard InChI is InChI=1S/C18H25NO5/c1-3-4-5-6-15(18(23)24)12(2)11-16(20)19-14-9-7-13(8-10-14)17(21)22/h7-10,12,15H,3-6,11H2,1-2H3,(H,19,20)(H,21,22)(H,23,24)/p-2/t12-,15-/m0/s1. The second kappa shape index (κ2) is 9.70. The fraction of sp³-hybridized carbons (Fsp3) is 0.500. The first-order valence-electron chi connectivity index (χ1n) is 8.17. The molecule has 0 aliphatic rings. The maximum absolute atomic E-state index is 12.0. The molecule has 6 heteroatoms. The molecule has 0 saturated carbocycles. The van der Waals surface area contributed by atoms with E-state index in [0.717, 1.165) is 19.3 Å². The molecule has 0 fully saturated rings. The van der Waals surface area contributed by atoms with Crippen LogP contribution in [0, 0.1) is 11.8 Å².